The van der Waals surface area contributed by atoms with Crippen molar-refractivity contribution in [1.82, 2.24) is 4.90 Å². The third kappa shape index (κ3) is 4.55. The van der Waals surface area contributed by atoms with E-state index in [1.54, 1.807) is 0 Å². The molecule has 3 atom stereocenters. The fourth-order valence-electron chi connectivity index (χ4n) is 2.93. The van der Waals surface area contributed by atoms with Gasteiger partial charge in [-0.1, -0.05) is 26.0 Å². The first-order valence-electron chi connectivity index (χ1n) is 8.29. The minimum Gasteiger partial charge on any atom is -0.393 e. The number of hydrogen-bond acceptors (Lipinski definition) is 3. The summed E-state index contributed by atoms with van der Waals surface area (Å²) in [7, 11) is 0. The van der Waals surface area contributed by atoms with E-state index in [4.69, 9.17) is 0 Å². The molecule has 1 amide bonds. The van der Waals surface area contributed by atoms with Crippen molar-refractivity contribution in [2.45, 2.75) is 45.6 Å². The smallest absolute Gasteiger partial charge is 0.238 e. The molecule has 4 nitrogen and oxygen atoms in total. The number of carbonyl (C=O) groups is 1. The Balaban J connectivity index is 1.82. The number of nitrogens with zero attached hydrogens (tertiary/aromatic N) is 1. The van der Waals surface area contributed by atoms with Crippen molar-refractivity contribution in [3.05, 3.63) is 29.8 Å². The Kier molecular flexibility index (Phi) is 5.98. The van der Waals surface area contributed by atoms with Gasteiger partial charge in [-0.3, -0.25) is 9.69 Å². The number of benzene rings is 1. The van der Waals surface area contributed by atoms with Crippen LogP contribution in [0.5, 0.6) is 0 Å². The summed E-state index contributed by atoms with van der Waals surface area (Å²) in [6, 6.07) is 8.12. The third-order valence-electron chi connectivity index (χ3n) is 4.73. The van der Waals surface area contributed by atoms with Crippen molar-refractivity contribution in [2.75, 3.05) is 25.0 Å². The van der Waals surface area contributed by atoms with E-state index < -0.39 is 0 Å². The second-order valence-corrected chi connectivity index (χ2v) is 6.50. The lowest BCUT2D eigenvalue weighted by Gasteiger charge is -2.17. The quantitative estimate of drug-likeness (QED) is 0.849. The van der Waals surface area contributed by atoms with Crippen LogP contribution >= 0.6 is 0 Å². The normalized spacial score (nSPS) is 21.5. The van der Waals surface area contributed by atoms with Crippen LogP contribution in [0.25, 0.3) is 0 Å². The van der Waals surface area contributed by atoms with Crippen molar-refractivity contribution in [3.63, 3.8) is 0 Å². The molecule has 2 N–H and O–H groups in total. The molecule has 1 aliphatic rings. The molecule has 1 heterocycles. The van der Waals surface area contributed by atoms with Crippen LogP contribution in [-0.2, 0) is 4.79 Å². The Labute approximate surface area is 133 Å². The van der Waals surface area contributed by atoms with Gasteiger partial charge < -0.3 is 10.4 Å². The third-order valence-corrected chi connectivity index (χ3v) is 4.73. The number of anilines is 1. The molecular formula is C18H28N2O2. The first-order chi connectivity index (χ1) is 10.5. The van der Waals surface area contributed by atoms with Crippen LogP contribution in [0.3, 0.4) is 0 Å². The predicted molar refractivity (Wildman–Crippen MR) is 90.0 cm³/mol. The van der Waals surface area contributed by atoms with Gasteiger partial charge in [0.25, 0.3) is 0 Å². The summed E-state index contributed by atoms with van der Waals surface area (Å²) in [6.07, 6.45) is 1.79. The summed E-state index contributed by atoms with van der Waals surface area (Å²) in [4.78, 5) is 14.2. The molecule has 22 heavy (non-hydrogen) atoms. The number of aliphatic hydroxyl groups excluding tert-OH is 1. The van der Waals surface area contributed by atoms with Crippen LogP contribution in [0.15, 0.2) is 24.3 Å². The molecule has 1 aliphatic heterocycles. The first-order valence-corrected chi connectivity index (χ1v) is 8.29. The summed E-state index contributed by atoms with van der Waals surface area (Å²) in [6.45, 7) is 8.30. The average Bonchev–Trinajstić information content (AvgIpc) is 2.95. The Morgan fingerprint density at radius 1 is 1.36 bits per heavy atom. The van der Waals surface area contributed by atoms with E-state index in [2.05, 4.69) is 36.2 Å². The number of hydrogen-bond donors (Lipinski definition) is 2. The monoisotopic (exact) mass is 304 g/mol. The molecule has 1 aromatic rings. The van der Waals surface area contributed by atoms with Crippen molar-refractivity contribution >= 4 is 11.6 Å². The molecule has 1 aromatic carbocycles. The van der Waals surface area contributed by atoms with Crippen LogP contribution in [0.4, 0.5) is 5.69 Å². The lowest BCUT2D eigenvalue weighted by Crippen LogP contribution is -2.32. The first kappa shape index (κ1) is 17.0. The van der Waals surface area contributed by atoms with Gasteiger partial charge in [0.05, 0.1) is 12.6 Å². The number of nitrogens with one attached hydrogen (secondary N) is 1. The zero-order chi connectivity index (χ0) is 16.1. The zero-order valence-corrected chi connectivity index (χ0v) is 13.9. The van der Waals surface area contributed by atoms with Crippen LogP contribution < -0.4 is 5.32 Å². The lowest BCUT2D eigenvalue weighted by molar-refractivity contribution is -0.117. The van der Waals surface area contributed by atoms with E-state index in [9.17, 15) is 9.90 Å². The largest absolute Gasteiger partial charge is 0.393 e. The summed E-state index contributed by atoms with van der Waals surface area (Å²) >= 11 is 0. The van der Waals surface area contributed by atoms with Gasteiger partial charge in [0.2, 0.25) is 5.91 Å². The van der Waals surface area contributed by atoms with E-state index in [1.165, 1.54) is 5.56 Å². The second kappa shape index (κ2) is 7.75. The Bertz CT molecular complexity index is 484. The van der Waals surface area contributed by atoms with Gasteiger partial charge in [0, 0.05) is 12.2 Å². The molecule has 0 bridgehead atoms. The van der Waals surface area contributed by atoms with E-state index in [0.717, 1.165) is 31.6 Å². The lowest BCUT2D eigenvalue weighted by atomic mass is 9.99. The molecule has 122 valence electrons. The van der Waals surface area contributed by atoms with Crippen LogP contribution in [0, 0.1) is 5.92 Å². The van der Waals surface area contributed by atoms with Gasteiger partial charge in [-0.05, 0) is 55.8 Å². The van der Waals surface area contributed by atoms with Gasteiger partial charge >= 0.3 is 0 Å². The standard InChI is InChI=1S/C18H28N2O2/c1-4-13(2)15-5-7-17(8-6-15)19-18(22)12-20-10-9-16(11-20)14(3)21/h5-8,13-14,16,21H,4,9-12H2,1-3H3,(H,19,22). The molecule has 3 unspecified atom stereocenters. The number of likely N-dealkylation sites (tertiary alicyclic amines) is 1. The molecular weight excluding hydrogens is 276 g/mol. The molecule has 0 saturated carbocycles. The molecule has 1 saturated heterocycles. The maximum atomic E-state index is 12.1. The van der Waals surface area contributed by atoms with Crippen molar-refractivity contribution in [3.8, 4) is 0 Å². The molecule has 0 spiro atoms. The summed E-state index contributed by atoms with van der Waals surface area (Å²) < 4.78 is 0. The minimum absolute atomic E-state index is 0.0162. The van der Waals surface area contributed by atoms with Gasteiger partial charge in [-0.25, -0.2) is 0 Å². The molecule has 0 radical (unpaired) electrons. The van der Waals surface area contributed by atoms with Crippen LogP contribution in [-0.4, -0.2) is 41.7 Å². The van der Waals surface area contributed by atoms with E-state index >= 15 is 0 Å². The molecule has 0 aliphatic carbocycles. The van der Waals surface area contributed by atoms with Gasteiger partial charge in [0.1, 0.15) is 0 Å². The molecule has 4 heteroatoms. The molecule has 0 aromatic heterocycles. The summed E-state index contributed by atoms with van der Waals surface area (Å²) in [5.74, 6) is 0.858. The predicted octanol–water partition coefficient (Wildman–Crippen LogP) is 2.84. The van der Waals surface area contributed by atoms with Crippen LogP contribution in [0.1, 0.15) is 45.1 Å². The summed E-state index contributed by atoms with van der Waals surface area (Å²) in [5, 5.41) is 12.6. The fraction of sp³-hybridized carbons (Fsp3) is 0.611. The number of amides is 1. The minimum atomic E-state index is -0.291. The Hall–Kier alpha value is -1.39. The topological polar surface area (TPSA) is 52.6 Å². The highest BCUT2D eigenvalue weighted by molar-refractivity contribution is 5.92. The number of aliphatic hydroxyl groups is 1. The van der Waals surface area contributed by atoms with Gasteiger partial charge in [0.15, 0.2) is 0 Å². The highest BCUT2D eigenvalue weighted by Crippen LogP contribution is 2.21. The van der Waals surface area contributed by atoms with Crippen molar-refractivity contribution in [2.24, 2.45) is 5.92 Å². The SMILES string of the molecule is CCC(C)c1ccc(NC(=O)CN2CCC(C(C)O)C2)cc1. The molecule has 1 fully saturated rings. The van der Waals surface area contributed by atoms with Crippen molar-refractivity contribution in [1.29, 1.82) is 0 Å². The summed E-state index contributed by atoms with van der Waals surface area (Å²) in [5.41, 5.74) is 2.16. The highest BCUT2D eigenvalue weighted by Gasteiger charge is 2.26. The van der Waals surface area contributed by atoms with Crippen LogP contribution in [0.2, 0.25) is 0 Å². The van der Waals surface area contributed by atoms with Crippen molar-refractivity contribution < 1.29 is 9.90 Å². The fourth-order valence-corrected chi connectivity index (χ4v) is 2.93. The van der Waals surface area contributed by atoms with E-state index in [1.807, 2.05) is 19.1 Å². The highest BCUT2D eigenvalue weighted by atomic mass is 16.3. The Morgan fingerprint density at radius 3 is 2.59 bits per heavy atom. The maximum absolute atomic E-state index is 12.1. The number of carbonyl (C=O) groups excluding carboxylic acids is 1. The van der Waals surface area contributed by atoms with E-state index in [0.29, 0.717) is 18.4 Å². The van der Waals surface area contributed by atoms with Gasteiger partial charge in [-0.2, -0.15) is 0 Å². The van der Waals surface area contributed by atoms with E-state index in [-0.39, 0.29) is 12.0 Å². The maximum Gasteiger partial charge on any atom is 0.238 e. The van der Waals surface area contributed by atoms with Gasteiger partial charge in [-0.15, -0.1) is 0 Å². The number of rotatable bonds is 6. The second-order valence-electron chi connectivity index (χ2n) is 6.50. The molecule has 2 rings (SSSR count). The Morgan fingerprint density at radius 2 is 2.05 bits per heavy atom. The average molecular weight is 304 g/mol. The zero-order valence-electron chi connectivity index (χ0n) is 13.9.